The van der Waals surface area contributed by atoms with E-state index in [9.17, 15) is 4.79 Å². The number of carbonyl (C=O) groups excluding carboxylic acids is 1. The molecule has 6 heteroatoms. The van der Waals surface area contributed by atoms with Crippen molar-refractivity contribution in [2.75, 3.05) is 52.5 Å². The number of benzene rings is 1. The topological polar surface area (TPSA) is 53.6 Å². The molecule has 5 nitrogen and oxygen atoms in total. The summed E-state index contributed by atoms with van der Waals surface area (Å²) in [4.78, 5) is 14.1. The highest BCUT2D eigenvalue weighted by Crippen LogP contribution is 2.10. The summed E-state index contributed by atoms with van der Waals surface area (Å²) >= 11 is 5.95. The van der Waals surface area contributed by atoms with E-state index < -0.39 is 0 Å². The fraction of sp³-hybridized carbons (Fsp3) is 0.588. The van der Waals surface area contributed by atoms with E-state index in [0.717, 1.165) is 50.8 Å². The van der Waals surface area contributed by atoms with Gasteiger partial charge in [-0.3, -0.25) is 9.69 Å². The van der Waals surface area contributed by atoms with Crippen molar-refractivity contribution >= 4 is 17.5 Å². The summed E-state index contributed by atoms with van der Waals surface area (Å²) in [6.45, 7) is 6.67. The number of morpholine rings is 1. The van der Waals surface area contributed by atoms with Crippen molar-refractivity contribution in [3.63, 3.8) is 0 Å². The van der Waals surface area contributed by atoms with E-state index in [1.165, 1.54) is 5.56 Å². The third-order valence-electron chi connectivity index (χ3n) is 3.86. The van der Waals surface area contributed by atoms with E-state index in [2.05, 4.69) is 21.6 Å². The number of nitrogens with zero attached hydrogens (tertiary/aromatic N) is 1. The molecule has 2 rings (SSSR count). The highest BCUT2D eigenvalue weighted by Gasteiger charge is 2.09. The highest BCUT2D eigenvalue weighted by molar-refractivity contribution is 6.30. The van der Waals surface area contributed by atoms with E-state index in [1.54, 1.807) is 0 Å². The number of rotatable bonds is 9. The number of carbonyl (C=O) groups is 1. The minimum Gasteiger partial charge on any atom is -0.379 e. The van der Waals surface area contributed by atoms with Crippen LogP contribution >= 0.6 is 11.6 Å². The van der Waals surface area contributed by atoms with Crippen LogP contribution in [0.1, 0.15) is 12.0 Å². The van der Waals surface area contributed by atoms with Crippen molar-refractivity contribution in [2.24, 2.45) is 0 Å². The van der Waals surface area contributed by atoms with Crippen LogP contribution in [0.4, 0.5) is 0 Å². The lowest BCUT2D eigenvalue weighted by Crippen LogP contribution is -2.41. The van der Waals surface area contributed by atoms with Gasteiger partial charge in [-0.1, -0.05) is 23.7 Å². The predicted molar refractivity (Wildman–Crippen MR) is 92.9 cm³/mol. The first-order valence-corrected chi connectivity index (χ1v) is 8.64. The van der Waals surface area contributed by atoms with Gasteiger partial charge in [0.2, 0.25) is 5.91 Å². The van der Waals surface area contributed by atoms with Gasteiger partial charge >= 0.3 is 0 Å². The van der Waals surface area contributed by atoms with Gasteiger partial charge in [0.25, 0.3) is 0 Å². The van der Waals surface area contributed by atoms with Crippen LogP contribution in [0.2, 0.25) is 5.02 Å². The molecule has 1 amide bonds. The Balaban J connectivity index is 1.46. The molecular formula is C17H26ClN3O2. The SMILES string of the molecule is O=C(CCNCCc1cccc(Cl)c1)NCCN1CCOCC1. The number of amides is 1. The van der Waals surface area contributed by atoms with Crippen LogP contribution in [0.15, 0.2) is 24.3 Å². The van der Waals surface area contributed by atoms with Crippen molar-refractivity contribution in [1.29, 1.82) is 0 Å². The molecule has 2 N–H and O–H groups in total. The molecule has 0 aliphatic carbocycles. The Morgan fingerprint density at radius 3 is 2.83 bits per heavy atom. The number of nitrogens with one attached hydrogen (secondary N) is 2. The third-order valence-corrected chi connectivity index (χ3v) is 4.10. The third kappa shape index (κ3) is 7.79. The summed E-state index contributed by atoms with van der Waals surface area (Å²) in [7, 11) is 0. The summed E-state index contributed by atoms with van der Waals surface area (Å²) < 4.78 is 5.30. The molecule has 0 radical (unpaired) electrons. The molecule has 0 aromatic heterocycles. The van der Waals surface area contributed by atoms with Crippen LogP contribution in [0, 0.1) is 0 Å². The number of ether oxygens (including phenoxy) is 1. The Morgan fingerprint density at radius 1 is 1.22 bits per heavy atom. The molecule has 0 saturated carbocycles. The molecule has 0 bridgehead atoms. The summed E-state index contributed by atoms with van der Waals surface area (Å²) in [5, 5.41) is 7.03. The Morgan fingerprint density at radius 2 is 2.04 bits per heavy atom. The molecule has 1 fully saturated rings. The summed E-state index contributed by atoms with van der Waals surface area (Å²) in [6.07, 6.45) is 1.43. The van der Waals surface area contributed by atoms with Gasteiger partial charge in [-0.25, -0.2) is 0 Å². The van der Waals surface area contributed by atoms with Gasteiger partial charge in [0.15, 0.2) is 0 Å². The molecule has 1 aromatic carbocycles. The van der Waals surface area contributed by atoms with E-state index in [1.807, 2.05) is 18.2 Å². The second-order valence-electron chi connectivity index (χ2n) is 5.68. The van der Waals surface area contributed by atoms with E-state index in [0.29, 0.717) is 19.5 Å². The Bertz CT molecular complexity index is 479. The molecule has 1 heterocycles. The zero-order valence-electron chi connectivity index (χ0n) is 13.5. The maximum absolute atomic E-state index is 11.8. The summed E-state index contributed by atoms with van der Waals surface area (Å²) in [5.74, 6) is 0.105. The Labute approximate surface area is 143 Å². The van der Waals surface area contributed by atoms with Crippen molar-refractivity contribution < 1.29 is 9.53 Å². The molecule has 0 unspecified atom stereocenters. The van der Waals surface area contributed by atoms with E-state index >= 15 is 0 Å². The molecule has 1 aromatic rings. The van der Waals surface area contributed by atoms with Gasteiger partial charge in [0, 0.05) is 44.2 Å². The van der Waals surface area contributed by atoms with Crippen LogP contribution < -0.4 is 10.6 Å². The molecule has 0 atom stereocenters. The number of halogens is 1. The summed E-state index contributed by atoms with van der Waals surface area (Å²) in [6, 6.07) is 7.87. The zero-order chi connectivity index (χ0) is 16.3. The van der Waals surface area contributed by atoms with Crippen LogP contribution in [0.25, 0.3) is 0 Å². The number of hydrogen-bond donors (Lipinski definition) is 2. The Kier molecular flexibility index (Phi) is 8.39. The minimum atomic E-state index is 0.105. The van der Waals surface area contributed by atoms with Crippen LogP contribution in [0.5, 0.6) is 0 Å². The van der Waals surface area contributed by atoms with Gasteiger partial charge in [-0.15, -0.1) is 0 Å². The Hall–Kier alpha value is -1.14. The second-order valence-corrected chi connectivity index (χ2v) is 6.12. The minimum absolute atomic E-state index is 0.105. The van der Waals surface area contributed by atoms with Crippen molar-refractivity contribution in [3.8, 4) is 0 Å². The molecule has 1 aliphatic heterocycles. The first-order chi connectivity index (χ1) is 11.2. The van der Waals surface area contributed by atoms with Crippen molar-refractivity contribution in [3.05, 3.63) is 34.9 Å². The second kappa shape index (κ2) is 10.6. The van der Waals surface area contributed by atoms with E-state index in [-0.39, 0.29) is 5.91 Å². The van der Waals surface area contributed by atoms with Crippen LogP contribution in [-0.4, -0.2) is 63.3 Å². The summed E-state index contributed by atoms with van der Waals surface area (Å²) in [5.41, 5.74) is 1.21. The van der Waals surface area contributed by atoms with Crippen LogP contribution in [0.3, 0.4) is 0 Å². The molecule has 0 spiro atoms. The largest absolute Gasteiger partial charge is 0.379 e. The lowest BCUT2D eigenvalue weighted by atomic mass is 10.1. The van der Waals surface area contributed by atoms with Crippen LogP contribution in [-0.2, 0) is 16.0 Å². The lowest BCUT2D eigenvalue weighted by molar-refractivity contribution is -0.121. The maximum atomic E-state index is 11.8. The molecule has 23 heavy (non-hydrogen) atoms. The first-order valence-electron chi connectivity index (χ1n) is 8.26. The predicted octanol–water partition coefficient (Wildman–Crippen LogP) is 1.31. The smallest absolute Gasteiger partial charge is 0.221 e. The number of hydrogen-bond acceptors (Lipinski definition) is 4. The highest BCUT2D eigenvalue weighted by atomic mass is 35.5. The van der Waals surface area contributed by atoms with Crippen molar-refractivity contribution in [1.82, 2.24) is 15.5 Å². The zero-order valence-corrected chi connectivity index (χ0v) is 14.3. The average Bonchev–Trinajstić information content (AvgIpc) is 2.55. The first kappa shape index (κ1) is 18.2. The fourth-order valence-corrected chi connectivity index (χ4v) is 2.73. The van der Waals surface area contributed by atoms with Gasteiger partial charge in [0.1, 0.15) is 0 Å². The normalized spacial score (nSPS) is 15.5. The van der Waals surface area contributed by atoms with Gasteiger partial charge in [0.05, 0.1) is 13.2 Å². The molecule has 1 saturated heterocycles. The van der Waals surface area contributed by atoms with Gasteiger partial charge in [-0.2, -0.15) is 0 Å². The molecular weight excluding hydrogens is 314 g/mol. The average molecular weight is 340 g/mol. The van der Waals surface area contributed by atoms with Gasteiger partial charge in [-0.05, 0) is 30.7 Å². The quantitative estimate of drug-likeness (QED) is 0.666. The molecule has 128 valence electrons. The van der Waals surface area contributed by atoms with E-state index in [4.69, 9.17) is 16.3 Å². The van der Waals surface area contributed by atoms with Crippen molar-refractivity contribution in [2.45, 2.75) is 12.8 Å². The molecule has 1 aliphatic rings. The fourth-order valence-electron chi connectivity index (χ4n) is 2.52. The standard InChI is InChI=1S/C17H26ClN3O2/c18-16-3-1-2-15(14-16)4-6-19-7-5-17(22)20-8-9-21-10-12-23-13-11-21/h1-3,14,19H,4-13H2,(H,20,22). The monoisotopic (exact) mass is 339 g/mol. The lowest BCUT2D eigenvalue weighted by Gasteiger charge is -2.26. The van der Waals surface area contributed by atoms with Gasteiger partial charge < -0.3 is 15.4 Å². The maximum Gasteiger partial charge on any atom is 0.221 e.